The second-order valence-corrected chi connectivity index (χ2v) is 6.48. The number of carbonyl (C=O) groups is 2. The fourth-order valence-electron chi connectivity index (χ4n) is 2.19. The summed E-state index contributed by atoms with van der Waals surface area (Å²) in [7, 11) is 1.58. The molecule has 1 amide bonds. The van der Waals surface area contributed by atoms with Crippen molar-refractivity contribution in [2.45, 2.75) is 19.0 Å². The van der Waals surface area contributed by atoms with Crippen LogP contribution in [-0.2, 0) is 9.59 Å². The Morgan fingerprint density at radius 1 is 1.29 bits per heavy atom. The number of carboxylic acid groups (broad SMARTS) is 1. The first kappa shape index (κ1) is 18.1. The van der Waals surface area contributed by atoms with Gasteiger partial charge in [-0.25, -0.2) is 4.39 Å². The van der Waals surface area contributed by atoms with Crippen molar-refractivity contribution in [2.24, 2.45) is 0 Å². The minimum atomic E-state index is -0.987. The van der Waals surface area contributed by atoms with Crippen LogP contribution in [0.3, 0.4) is 0 Å². The molecule has 0 fully saturated rings. The summed E-state index contributed by atoms with van der Waals surface area (Å²) >= 11 is 1.49. The number of nitrogens with one attached hydrogen (secondary N) is 1. The zero-order valence-electron chi connectivity index (χ0n) is 13.4. The third-order valence-corrected chi connectivity index (χ3v) is 4.69. The minimum absolute atomic E-state index is 0.0451. The van der Waals surface area contributed by atoms with E-state index < -0.39 is 18.1 Å². The number of aliphatic carboxylic acids is 1. The molecule has 0 saturated carbocycles. The lowest BCUT2D eigenvalue weighted by Gasteiger charge is -2.23. The molecule has 1 aromatic heterocycles. The topological polar surface area (TPSA) is 69.6 Å². The number of carbonyl (C=O) groups excluding carboxylic acids is 1. The van der Waals surface area contributed by atoms with Gasteiger partial charge in [0, 0.05) is 4.88 Å². The number of hydrogen-bond donors (Lipinski definition) is 2. The summed E-state index contributed by atoms with van der Waals surface area (Å²) in [5.74, 6) is -1.63. The summed E-state index contributed by atoms with van der Waals surface area (Å²) in [6.07, 6.45) is 0. The molecule has 0 aliphatic heterocycles. The lowest BCUT2D eigenvalue weighted by Crippen LogP contribution is -2.43. The molecule has 2 aromatic rings. The first-order chi connectivity index (χ1) is 11.4. The number of amides is 1. The Balaban J connectivity index is 2.13. The second kappa shape index (κ2) is 8.03. The Labute approximate surface area is 143 Å². The van der Waals surface area contributed by atoms with Crippen molar-refractivity contribution in [3.63, 3.8) is 0 Å². The quantitative estimate of drug-likeness (QED) is 0.805. The molecule has 2 unspecified atom stereocenters. The van der Waals surface area contributed by atoms with Gasteiger partial charge in [-0.1, -0.05) is 18.2 Å². The number of carboxylic acids is 1. The van der Waals surface area contributed by atoms with Gasteiger partial charge in [0.05, 0.1) is 12.6 Å². The van der Waals surface area contributed by atoms with Crippen LogP contribution in [0.1, 0.15) is 23.4 Å². The van der Waals surface area contributed by atoms with Crippen LogP contribution in [0.5, 0.6) is 0 Å². The summed E-state index contributed by atoms with van der Waals surface area (Å²) in [6.45, 7) is 1.48. The molecule has 0 bridgehead atoms. The molecule has 0 saturated heterocycles. The van der Waals surface area contributed by atoms with Crippen LogP contribution in [0.2, 0.25) is 0 Å². The van der Waals surface area contributed by atoms with Crippen molar-refractivity contribution in [3.05, 3.63) is 58.0 Å². The van der Waals surface area contributed by atoms with Gasteiger partial charge in [0.2, 0.25) is 5.91 Å². The van der Waals surface area contributed by atoms with Crippen LogP contribution in [0.25, 0.3) is 0 Å². The van der Waals surface area contributed by atoms with E-state index in [0.717, 1.165) is 10.4 Å². The summed E-state index contributed by atoms with van der Waals surface area (Å²) in [6, 6.07) is 8.56. The number of halogens is 1. The number of likely N-dealkylation sites (N-methyl/N-ethyl adjacent to an activating group) is 1. The number of hydrogen-bond acceptors (Lipinski definition) is 4. The summed E-state index contributed by atoms with van der Waals surface area (Å²) in [5.41, 5.74) is 0.765. The summed E-state index contributed by atoms with van der Waals surface area (Å²) in [5, 5.41) is 13.8. The second-order valence-electron chi connectivity index (χ2n) is 5.50. The first-order valence-corrected chi connectivity index (χ1v) is 8.27. The van der Waals surface area contributed by atoms with E-state index in [2.05, 4.69) is 5.32 Å². The first-order valence-electron chi connectivity index (χ1n) is 7.39. The van der Waals surface area contributed by atoms with Crippen molar-refractivity contribution < 1.29 is 19.1 Å². The maximum Gasteiger partial charge on any atom is 0.320 e. The Bertz CT molecular complexity index is 688. The highest BCUT2D eigenvalue weighted by Crippen LogP contribution is 2.26. The Kier molecular flexibility index (Phi) is 6.05. The third kappa shape index (κ3) is 4.62. The molecule has 0 spiro atoms. The average Bonchev–Trinajstić information content (AvgIpc) is 3.06. The number of benzene rings is 1. The smallest absolute Gasteiger partial charge is 0.320 e. The monoisotopic (exact) mass is 350 g/mol. The minimum Gasteiger partial charge on any atom is -0.480 e. The van der Waals surface area contributed by atoms with E-state index in [9.17, 15) is 14.0 Å². The van der Waals surface area contributed by atoms with Gasteiger partial charge in [0.15, 0.2) is 0 Å². The zero-order valence-corrected chi connectivity index (χ0v) is 14.2. The van der Waals surface area contributed by atoms with Crippen LogP contribution < -0.4 is 5.32 Å². The van der Waals surface area contributed by atoms with E-state index in [1.54, 1.807) is 19.2 Å². The van der Waals surface area contributed by atoms with Crippen molar-refractivity contribution >= 4 is 23.2 Å². The number of rotatable bonds is 7. The third-order valence-electron chi connectivity index (χ3n) is 3.75. The van der Waals surface area contributed by atoms with Gasteiger partial charge in [-0.3, -0.25) is 14.5 Å². The molecule has 7 heteroatoms. The maximum absolute atomic E-state index is 13.1. The molecule has 0 radical (unpaired) electrons. The zero-order chi connectivity index (χ0) is 17.7. The average molecular weight is 350 g/mol. The van der Waals surface area contributed by atoms with Gasteiger partial charge >= 0.3 is 5.97 Å². The highest BCUT2D eigenvalue weighted by Gasteiger charge is 2.22. The van der Waals surface area contributed by atoms with E-state index in [1.807, 2.05) is 17.5 Å². The van der Waals surface area contributed by atoms with Crippen LogP contribution in [0.4, 0.5) is 4.39 Å². The van der Waals surface area contributed by atoms with Crippen molar-refractivity contribution in [1.29, 1.82) is 0 Å². The number of nitrogens with zero attached hydrogens (tertiary/aromatic N) is 1. The standard InChI is InChI=1S/C17H19FN2O3S/c1-11(17(22)23)20(2)10-15(21)19-16(14-4-3-9-24-14)12-5-7-13(18)8-6-12/h3-9,11,16H,10H2,1-2H3,(H,19,21)(H,22,23). The van der Waals surface area contributed by atoms with Crippen LogP contribution in [0.15, 0.2) is 41.8 Å². The van der Waals surface area contributed by atoms with E-state index in [4.69, 9.17) is 5.11 Å². The molecule has 0 aliphatic rings. The lowest BCUT2D eigenvalue weighted by atomic mass is 10.1. The SMILES string of the molecule is CC(C(=O)O)N(C)CC(=O)NC(c1ccc(F)cc1)c1cccs1. The normalized spacial score (nSPS) is 13.5. The molecule has 0 aliphatic carbocycles. The van der Waals surface area contributed by atoms with Gasteiger partial charge in [-0.2, -0.15) is 0 Å². The molecule has 1 heterocycles. The maximum atomic E-state index is 13.1. The predicted octanol–water partition coefficient (Wildman–Crippen LogP) is 2.50. The Morgan fingerprint density at radius 3 is 2.50 bits per heavy atom. The van der Waals surface area contributed by atoms with Crippen LogP contribution in [0, 0.1) is 5.82 Å². The lowest BCUT2D eigenvalue weighted by molar-refractivity contribution is -0.142. The van der Waals surface area contributed by atoms with Gasteiger partial charge in [0.1, 0.15) is 11.9 Å². The van der Waals surface area contributed by atoms with Gasteiger partial charge < -0.3 is 10.4 Å². The van der Waals surface area contributed by atoms with Crippen molar-refractivity contribution in [1.82, 2.24) is 10.2 Å². The van der Waals surface area contributed by atoms with Crippen LogP contribution in [-0.4, -0.2) is 41.5 Å². The molecule has 2 rings (SSSR count). The van der Waals surface area contributed by atoms with Crippen molar-refractivity contribution in [2.75, 3.05) is 13.6 Å². The highest BCUT2D eigenvalue weighted by molar-refractivity contribution is 7.10. The predicted molar refractivity (Wildman–Crippen MR) is 90.4 cm³/mol. The molecular formula is C17H19FN2O3S. The molecular weight excluding hydrogens is 331 g/mol. The Morgan fingerprint density at radius 2 is 1.96 bits per heavy atom. The van der Waals surface area contributed by atoms with Gasteiger partial charge in [0.25, 0.3) is 0 Å². The highest BCUT2D eigenvalue weighted by atomic mass is 32.1. The number of thiophene rings is 1. The molecule has 128 valence electrons. The fraction of sp³-hybridized carbons (Fsp3) is 0.294. The van der Waals surface area contributed by atoms with Crippen LogP contribution >= 0.6 is 11.3 Å². The molecule has 5 nitrogen and oxygen atoms in total. The summed E-state index contributed by atoms with van der Waals surface area (Å²) < 4.78 is 13.1. The van der Waals surface area contributed by atoms with Gasteiger partial charge in [-0.15, -0.1) is 11.3 Å². The fourth-order valence-corrected chi connectivity index (χ4v) is 2.99. The molecule has 24 heavy (non-hydrogen) atoms. The molecule has 2 N–H and O–H groups in total. The van der Waals surface area contributed by atoms with E-state index >= 15 is 0 Å². The van der Waals surface area contributed by atoms with E-state index in [-0.39, 0.29) is 18.3 Å². The molecule has 2 atom stereocenters. The van der Waals surface area contributed by atoms with E-state index in [1.165, 1.54) is 35.3 Å². The Hall–Kier alpha value is -2.25. The van der Waals surface area contributed by atoms with Crippen molar-refractivity contribution in [3.8, 4) is 0 Å². The largest absolute Gasteiger partial charge is 0.480 e. The van der Waals surface area contributed by atoms with Gasteiger partial charge in [-0.05, 0) is 43.1 Å². The van der Waals surface area contributed by atoms with E-state index in [0.29, 0.717) is 0 Å². The molecule has 1 aromatic carbocycles. The summed E-state index contributed by atoms with van der Waals surface area (Å²) in [4.78, 5) is 25.7.